The number of rotatable bonds is 3. The van der Waals surface area contributed by atoms with Crippen LogP contribution in [-0.4, -0.2) is 20.9 Å². The molecule has 0 unspecified atom stereocenters. The normalized spacial score (nSPS) is 10.7. The summed E-state index contributed by atoms with van der Waals surface area (Å²) >= 11 is 5.80. The zero-order chi connectivity index (χ0) is 14.2. The van der Waals surface area contributed by atoms with Gasteiger partial charge < -0.3 is 10.8 Å². The lowest BCUT2D eigenvalue weighted by Gasteiger charge is -2.05. The number of anilines is 1. The van der Waals surface area contributed by atoms with Crippen molar-refractivity contribution in [3.63, 3.8) is 0 Å². The van der Waals surface area contributed by atoms with Crippen LogP contribution in [0.1, 0.15) is 16.1 Å². The van der Waals surface area contributed by atoms with Gasteiger partial charge in [-0.25, -0.2) is 18.3 Å². The van der Waals surface area contributed by atoms with E-state index in [2.05, 4.69) is 5.10 Å². The zero-order valence-electron chi connectivity index (χ0n) is 9.40. The van der Waals surface area contributed by atoms with Gasteiger partial charge in [0.2, 0.25) is 0 Å². The van der Waals surface area contributed by atoms with Crippen molar-refractivity contribution in [2.45, 2.75) is 6.54 Å². The van der Waals surface area contributed by atoms with E-state index in [1.165, 1.54) is 12.1 Å². The molecule has 100 valence electrons. The highest BCUT2D eigenvalue weighted by Gasteiger charge is 2.20. The molecule has 1 aromatic heterocycles. The topological polar surface area (TPSA) is 81.1 Å². The molecule has 2 aromatic rings. The molecule has 0 amide bonds. The van der Waals surface area contributed by atoms with E-state index in [9.17, 15) is 13.6 Å². The standard InChI is InChI=1S/C11H8ClF2N3O2/c12-10-8(15)9(11(18)19)16-17(10)4-5-2-1-3-6(13)7(5)14/h1-3H,4,15H2,(H,18,19). The van der Waals surface area contributed by atoms with Gasteiger partial charge in [0, 0.05) is 5.56 Å². The number of nitrogens with zero attached hydrogens (tertiary/aromatic N) is 2. The van der Waals surface area contributed by atoms with E-state index in [1.807, 2.05) is 0 Å². The van der Waals surface area contributed by atoms with Crippen LogP contribution >= 0.6 is 11.6 Å². The summed E-state index contributed by atoms with van der Waals surface area (Å²) in [6, 6.07) is 3.64. The molecular formula is C11H8ClF2N3O2. The van der Waals surface area contributed by atoms with Crippen molar-refractivity contribution in [3.05, 3.63) is 46.2 Å². The van der Waals surface area contributed by atoms with Crippen LogP contribution in [0.3, 0.4) is 0 Å². The van der Waals surface area contributed by atoms with Gasteiger partial charge >= 0.3 is 5.97 Å². The number of benzene rings is 1. The van der Waals surface area contributed by atoms with Crippen LogP contribution in [0.25, 0.3) is 0 Å². The fraction of sp³-hybridized carbons (Fsp3) is 0.0909. The second kappa shape index (κ2) is 4.85. The molecule has 8 heteroatoms. The molecule has 19 heavy (non-hydrogen) atoms. The van der Waals surface area contributed by atoms with E-state index in [0.29, 0.717) is 0 Å². The van der Waals surface area contributed by atoms with Crippen molar-refractivity contribution in [3.8, 4) is 0 Å². The summed E-state index contributed by atoms with van der Waals surface area (Å²) in [6.45, 7) is -0.222. The van der Waals surface area contributed by atoms with Crippen molar-refractivity contribution in [2.24, 2.45) is 0 Å². The average molecular weight is 288 g/mol. The highest BCUT2D eigenvalue weighted by Crippen LogP contribution is 2.24. The number of carboxylic acids is 1. The largest absolute Gasteiger partial charge is 0.476 e. The predicted octanol–water partition coefficient (Wildman–Crippen LogP) is 2.14. The number of carboxylic acid groups (broad SMARTS) is 1. The summed E-state index contributed by atoms with van der Waals surface area (Å²) in [5, 5.41) is 12.3. The third-order valence-corrected chi connectivity index (χ3v) is 2.88. The van der Waals surface area contributed by atoms with Crippen LogP contribution < -0.4 is 5.73 Å². The van der Waals surface area contributed by atoms with Crippen LogP contribution in [0, 0.1) is 11.6 Å². The Kier molecular flexibility index (Phi) is 3.39. The molecule has 1 aromatic carbocycles. The average Bonchev–Trinajstić information content (AvgIpc) is 2.63. The Balaban J connectivity index is 2.42. The highest BCUT2D eigenvalue weighted by atomic mass is 35.5. The quantitative estimate of drug-likeness (QED) is 0.906. The van der Waals surface area contributed by atoms with Crippen molar-refractivity contribution < 1.29 is 18.7 Å². The second-order valence-corrected chi connectivity index (χ2v) is 4.09. The van der Waals surface area contributed by atoms with Crippen molar-refractivity contribution in [1.29, 1.82) is 0 Å². The highest BCUT2D eigenvalue weighted by molar-refractivity contribution is 6.32. The smallest absolute Gasteiger partial charge is 0.358 e. The SMILES string of the molecule is Nc1c(C(=O)O)nn(Cc2cccc(F)c2F)c1Cl. The van der Waals surface area contributed by atoms with Gasteiger partial charge in [0.25, 0.3) is 0 Å². The molecule has 0 atom stereocenters. The lowest BCUT2D eigenvalue weighted by molar-refractivity contribution is 0.0690. The summed E-state index contributed by atoms with van der Waals surface area (Å²) < 4.78 is 27.5. The maximum absolute atomic E-state index is 13.5. The second-order valence-electron chi connectivity index (χ2n) is 3.73. The van der Waals surface area contributed by atoms with Crippen LogP contribution in [0.15, 0.2) is 18.2 Å². The Hall–Kier alpha value is -2.15. The van der Waals surface area contributed by atoms with Crippen LogP contribution in [0.5, 0.6) is 0 Å². The summed E-state index contributed by atoms with van der Waals surface area (Å²) in [4.78, 5) is 10.8. The first-order valence-corrected chi connectivity index (χ1v) is 5.47. The molecule has 0 spiro atoms. The maximum atomic E-state index is 13.5. The van der Waals surface area contributed by atoms with Gasteiger partial charge in [-0.2, -0.15) is 5.10 Å². The van der Waals surface area contributed by atoms with Gasteiger partial charge in [-0.1, -0.05) is 23.7 Å². The monoisotopic (exact) mass is 287 g/mol. The third-order valence-electron chi connectivity index (χ3n) is 2.48. The molecule has 0 bridgehead atoms. The Morgan fingerprint density at radius 2 is 2.16 bits per heavy atom. The van der Waals surface area contributed by atoms with E-state index >= 15 is 0 Å². The Morgan fingerprint density at radius 1 is 1.47 bits per heavy atom. The van der Waals surface area contributed by atoms with Crippen LogP contribution in [0.4, 0.5) is 14.5 Å². The molecule has 1 heterocycles. The summed E-state index contributed by atoms with van der Waals surface area (Å²) in [7, 11) is 0. The van der Waals surface area contributed by atoms with E-state index < -0.39 is 23.3 Å². The Morgan fingerprint density at radius 3 is 2.74 bits per heavy atom. The van der Waals surface area contributed by atoms with Gasteiger partial charge in [0.15, 0.2) is 22.5 Å². The van der Waals surface area contributed by atoms with Gasteiger partial charge in [0.05, 0.1) is 6.54 Å². The summed E-state index contributed by atoms with van der Waals surface area (Å²) in [6.07, 6.45) is 0. The number of aromatic nitrogens is 2. The first-order valence-electron chi connectivity index (χ1n) is 5.09. The number of nitrogens with two attached hydrogens (primary N) is 1. The molecule has 0 aliphatic carbocycles. The van der Waals surface area contributed by atoms with Crippen molar-refractivity contribution in [1.82, 2.24) is 9.78 Å². The van der Waals surface area contributed by atoms with Gasteiger partial charge in [-0.3, -0.25) is 0 Å². The van der Waals surface area contributed by atoms with E-state index in [4.69, 9.17) is 22.4 Å². The number of nitrogen functional groups attached to an aromatic ring is 1. The molecule has 3 N–H and O–H groups in total. The van der Waals surface area contributed by atoms with Crippen LogP contribution in [-0.2, 0) is 6.54 Å². The minimum absolute atomic E-state index is 0.0126. The van der Waals surface area contributed by atoms with E-state index in [0.717, 1.165) is 10.7 Å². The van der Waals surface area contributed by atoms with Gasteiger partial charge in [0.1, 0.15) is 5.69 Å². The number of aromatic carboxylic acids is 1. The Bertz CT molecular complexity index is 658. The fourth-order valence-electron chi connectivity index (χ4n) is 1.55. The molecule has 0 radical (unpaired) electrons. The summed E-state index contributed by atoms with van der Waals surface area (Å²) in [5.41, 5.74) is 4.80. The molecule has 5 nitrogen and oxygen atoms in total. The first-order chi connectivity index (χ1) is 8.91. The molecule has 0 saturated carbocycles. The van der Waals surface area contributed by atoms with E-state index in [1.54, 1.807) is 0 Å². The van der Waals surface area contributed by atoms with E-state index in [-0.39, 0.29) is 22.9 Å². The molecule has 0 fully saturated rings. The minimum atomic E-state index is -1.35. The number of hydrogen-bond donors (Lipinski definition) is 2. The lowest BCUT2D eigenvalue weighted by atomic mass is 10.2. The lowest BCUT2D eigenvalue weighted by Crippen LogP contribution is -2.07. The first kappa shape index (κ1) is 13.3. The maximum Gasteiger partial charge on any atom is 0.358 e. The zero-order valence-corrected chi connectivity index (χ0v) is 10.2. The van der Waals surface area contributed by atoms with Crippen LogP contribution in [0.2, 0.25) is 5.15 Å². The molecule has 0 saturated heterocycles. The third kappa shape index (κ3) is 2.37. The van der Waals surface area contributed by atoms with Gasteiger partial charge in [-0.15, -0.1) is 0 Å². The summed E-state index contributed by atoms with van der Waals surface area (Å²) in [5.74, 6) is -3.39. The van der Waals surface area contributed by atoms with Gasteiger partial charge in [-0.05, 0) is 6.07 Å². The fourth-order valence-corrected chi connectivity index (χ4v) is 1.74. The molecule has 0 aliphatic rings. The molecular weight excluding hydrogens is 280 g/mol. The molecule has 0 aliphatic heterocycles. The Labute approximate surface area is 111 Å². The molecule has 2 rings (SSSR count). The van der Waals surface area contributed by atoms with Crippen molar-refractivity contribution >= 4 is 23.3 Å². The number of hydrogen-bond acceptors (Lipinski definition) is 3. The van der Waals surface area contributed by atoms with Crippen molar-refractivity contribution in [2.75, 3.05) is 5.73 Å². The minimum Gasteiger partial charge on any atom is -0.476 e. The predicted molar refractivity (Wildman–Crippen MR) is 64.1 cm³/mol. The number of halogens is 3. The number of carbonyl (C=O) groups is 1.